The maximum absolute atomic E-state index is 13.1. The third-order valence-electron chi connectivity index (χ3n) is 6.28. The van der Waals surface area contributed by atoms with Gasteiger partial charge in [0.1, 0.15) is 5.65 Å². The highest BCUT2D eigenvalue weighted by Crippen LogP contribution is 2.29. The molecule has 1 N–H and O–H groups in total. The molecule has 1 amide bonds. The minimum atomic E-state index is -0.109. The van der Waals surface area contributed by atoms with Crippen molar-refractivity contribution in [1.29, 1.82) is 0 Å². The van der Waals surface area contributed by atoms with Gasteiger partial charge in [-0.15, -0.1) is 0 Å². The number of rotatable bonds is 5. The van der Waals surface area contributed by atoms with Crippen LogP contribution in [0.3, 0.4) is 0 Å². The molecule has 0 radical (unpaired) electrons. The fourth-order valence-electron chi connectivity index (χ4n) is 4.48. The number of nitrogens with zero attached hydrogens (tertiary/aromatic N) is 5. The second-order valence-corrected chi connectivity index (χ2v) is 9.74. The number of para-hydroxylation sites is 3. The van der Waals surface area contributed by atoms with Crippen LogP contribution in [-0.4, -0.2) is 35.8 Å². The molecule has 0 spiro atoms. The van der Waals surface area contributed by atoms with Crippen LogP contribution >= 0.6 is 11.8 Å². The van der Waals surface area contributed by atoms with Gasteiger partial charge in [0.2, 0.25) is 5.91 Å². The summed E-state index contributed by atoms with van der Waals surface area (Å²) in [5.41, 5.74) is 8.13. The lowest BCUT2D eigenvalue weighted by molar-refractivity contribution is -0.113. The molecule has 0 bridgehead atoms. The Hall–Kier alpha value is -4.17. The molecule has 0 aliphatic heterocycles. The Labute approximate surface area is 212 Å². The van der Waals surface area contributed by atoms with Gasteiger partial charge in [0.05, 0.1) is 45.1 Å². The van der Waals surface area contributed by atoms with Crippen molar-refractivity contribution in [2.75, 3.05) is 11.1 Å². The number of nitrogens with one attached hydrogen (secondary N) is 1. The summed E-state index contributed by atoms with van der Waals surface area (Å²) in [4.78, 5) is 22.8. The van der Waals surface area contributed by atoms with E-state index in [2.05, 4.69) is 29.5 Å². The van der Waals surface area contributed by atoms with Crippen molar-refractivity contribution < 1.29 is 4.79 Å². The second-order valence-electron chi connectivity index (χ2n) is 8.80. The minimum Gasteiger partial charge on any atom is -0.322 e. The lowest BCUT2D eigenvalue weighted by Gasteiger charge is -2.09. The Morgan fingerprint density at radius 2 is 1.61 bits per heavy atom. The molecule has 6 rings (SSSR count). The number of carbonyl (C=O) groups excluding carboxylic acids is 1. The van der Waals surface area contributed by atoms with Crippen LogP contribution in [0.2, 0.25) is 0 Å². The Balaban J connectivity index is 1.30. The van der Waals surface area contributed by atoms with Gasteiger partial charge in [-0.25, -0.2) is 14.6 Å². The van der Waals surface area contributed by atoms with Crippen LogP contribution < -0.4 is 5.32 Å². The number of aromatic nitrogens is 5. The summed E-state index contributed by atoms with van der Waals surface area (Å²) in [6, 6.07) is 24.1. The summed E-state index contributed by atoms with van der Waals surface area (Å²) >= 11 is 1.40. The average Bonchev–Trinajstić information content (AvgIpc) is 3.41. The largest absolute Gasteiger partial charge is 0.322 e. The van der Waals surface area contributed by atoms with Crippen molar-refractivity contribution >= 4 is 50.9 Å². The predicted octanol–water partition coefficient (Wildman–Crippen LogP) is 5.88. The van der Waals surface area contributed by atoms with E-state index in [1.54, 1.807) is 0 Å². The predicted molar refractivity (Wildman–Crippen MR) is 145 cm³/mol. The highest BCUT2D eigenvalue weighted by Gasteiger charge is 2.18. The number of hydrogen-bond acceptors (Lipinski definition) is 5. The first-order chi connectivity index (χ1) is 17.5. The van der Waals surface area contributed by atoms with E-state index in [0.29, 0.717) is 0 Å². The van der Waals surface area contributed by atoms with Crippen LogP contribution in [-0.2, 0) is 4.79 Å². The molecule has 8 heteroatoms. The number of amides is 1. The van der Waals surface area contributed by atoms with E-state index < -0.39 is 0 Å². The molecule has 0 unspecified atom stereocenters. The van der Waals surface area contributed by atoms with Gasteiger partial charge in [-0.05, 0) is 57.2 Å². The van der Waals surface area contributed by atoms with E-state index in [-0.39, 0.29) is 11.7 Å². The Bertz CT molecular complexity index is 1770. The van der Waals surface area contributed by atoms with Gasteiger partial charge in [-0.3, -0.25) is 9.20 Å². The summed E-state index contributed by atoms with van der Waals surface area (Å²) in [7, 11) is 0. The summed E-state index contributed by atoms with van der Waals surface area (Å²) in [6.07, 6.45) is 0. The SMILES string of the molecule is Cc1ccc(-n2nc(C)c(NC(=O)CSc3nc4ccccc4c4nc5ccccc5n34)c2C)cc1. The van der Waals surface area contributed by atoms with Gasteiger partial charge in [-0.2, -0.15) is 5.10 Å². The number of hydrogen-bond donors (Lipinski definition) is 1. The molecular weight excluding hydrogens is 468 g/mol. The molecule has 0 saturated heterocycles. The fourth-order valence-corrected chi connectivity index (χ4v) is 5.29. The van der Waals surface area contributed by atoms with Crippen molar-refractivity contribution in [1.82, 2.24) is 24.1 Å². The number of benzene rings is 3. The summed E-state index contributed by atoms with van der Waals surface area (Å²) < 4.78 is 3.91. The van der Waals surface area contributed by atoms with E-state index in [1.807, 2.05) is 83.6 Å². The summed E-state index contributed by atoms with van der Waals surface area (Å²) in [5, 5.41) is 9.44. The first kappa shape index (κ1) is 22.3. The molecule has 6 aromatic rings. The van der Waals surface area contributed by atoms with Crippen molar-refractivity contribution in [3.8, 4) is 5.69 Å². The average molecular weight is 493 g/mol. The minimum absolute atomic E-state index is 0.109. The van der Waals surface area contributed by atoms with E-state index in [0.717, 1.165) is 55.5 Å². The van der Waals surface area contributed by atoms with Gasteiger partial charge in [0.15, 0.2) is 5.16 Å². The quantitative estimate of drug-likeness (QED) is 0.240. The van der Waals surface area contributed by atoms with Crippen LogP contribution in [0, 0.1) is 20.8 Å². The van der Waals surface area contributed by atoms with Gasteiger partial charge in [0.25, 0.3) is 0 Å². The zero-order valence-electron chi connectivity index (χ0n) is 20.2. The van der Waals surface area contributed by atoms with E-state index in [4.69, 9.17) is 9.97 Å². The fraction of sp³-hybridized carbons (Fsp3) is 0.143. The molecule has 36 heavy (non-hydrogen) atoms. The lowest BCUT2D eigenvalue weighted by Crippen LogP contribution is -2.16. The molecule has 7 nitrogen and oxygen atoms in total. The normalized spacial score (nSPS) is 11.5. The number of carbonyl (C=O) groups is 1. The van der Waals surface area contributed by atoms with Crippen molar-refractivity contribution in [3.63, 3.8) is 0 Å². The van der Waals surface area contributed by atoms with E-state index in [1.165, 1.54) is 17.3 Å². The van der Waals surface area contributed by atoms with Gasteiger partial charge >= 0.3 is 0 Å². The van der Waals surface area contributed by atoms with Crippen molar-refractivity contribution in [3.05, 3.63) is 89.7 Å². The number of fused-ring (bicyclic) bond motifs is 5. The molecule has 0 saturated carbocycles. The molecule has 178 valence electrons. The number of thioether (sulfide) groups is 1. The van der Waals surface area contributed by atoms with Crippen molar-refractivity contribution in [2.45, 2.75) is 25.9 Å². The molecule has 3 aromatic heterocycles. The van der Waals surface area contributed by atoms with E-state index in [9.17, 15) is 4.79 Å². The summed E-state index contributed by atoms with van der Waals surface area (Å²) in [5.74, 6) is 0.101. The third kappa shape index (κ3) is 3.79. The monoisotopic (exact) mass is 492 g/mol. The van der Waals surface area contributed by atoms with E-state index >= 15 is 0 Å². The Morgan fingerprint density at radius 1 is 0.889 bits per heavy atom. The van der Waals surface area contributed by atoms with Crippen molar-refractivity contribution in [2.24, 2.45) is 0 Å². The van der Waals surface area contributed by atoms with Gasteiger partial charge in [-0.1, -0.05) is 53.7 Å². The molecule has 3 aromatic carbocycles. The van der Waals surface area contributed by atoms with Crippen LogP contribution in [0.25, 0.3) is 33.3 Å². The smallest absolute Gasteiger partial charge is 0.234 e. The summed E-state index contributed by atoms with van der Waals surface area (Å²) in [6.45, 7) is 5.93. The molecule has 0 aliphatic rings. The third-order valence-corrected chi connectivity index (χ3v) is 7.22. The Kier molecular flexibility index (Phi) is 5.45. The zero-order valence-corrected chi connectivity index (χ0v) is 21.0. The molecular formula is C28H24N6OS. The molecule has 0 aliphatic carbocycles. The maximum atomic E-state index is 13.1. The van der Waals surface area contributed by atoms with Crippen LogP contribution in [0.1, 0.15) is 17.0 Å². The first-order valence-corrected chi connectivity index (χ1v) is 12.7. The van der Waals surface area contributed by atoms with Crippen LogP contribution in [0.5, 0.6) is 0 Å². The zero-order chi connectivity index (χ0) is 24.8. The van der Waals surface area contributed by atoms with Gasteiger partial charge in [0, 0.05) is 5.39 Å². The topological polar surface area (TPSA) is 77.1 Å². The first-order valence-electron chi connectivity index (χ1n) is 11.7. The molecule has 0 fully saturated rings. The van der Waals surface area contributed by atoms with Crippen LogP contribution in [0.15, 0.2) is 78.0 Å². The number of anilines is 1. The highest BCUT2D eigenvalue weighted by molar-refractivity contribution is 7.99. The standard InChI is InChI=1S/C28H24N6OS/c1-17-12-14-20(15-13-17)34-19(3)26(18(2)32-34)31-25(35)16-36-28-30-22-9-5-4-8-21(22)27-29-23-10-6-7-11-24(23)33(27)28/h4-15H,16H2,1-3H3,(H,31,35). The van der Waals surface area contributed by atoms with Crippen LogP contribution in [0.4, 0.5) is 5.69 Å². The number of aryl methyl sites for hydroxylation is 2. The molecule has 3 heterocycles. The Morgan fingerprint density at radius 3 is 2.42 bits per heavy atom. The molecule has 0 atom stereocenters. The lowest BCUT2D eigenvalue weighted by atomic mass is 10.2. The maximum Gasteiger partial charge on any atom is 0.234 e. The second kappa shape index (κ2) is 8.80. The highest BCUT2D eigenvalue weighted by atomic mass is 32.2. The van der Waals surface area contributed by atoms with Gasteiger partial charge < -0.3 is 5.32 Å². The number of imidazole rings is 1.